The van der Waals surface area contributed by atoms with E-state index in [2.05, 4.69) is 5.73 Å². The van der Waals surface area contributed by atoms with Gasteiger partial charge in [0, 0.05) is 22.4 Å². The van der Waals surface area contributed by atoms with E-state index in [0.717, 1.165) is 0 Å². The molecule has 0 aliphatic carbocycles. The number of rotatable bonds is 0. The maximum absolute atomic E-state index is 4.50. The van der Waals surface area contributed by atoms with E-state index in [9.17, 15) is 0 Å². The fourth-order valence-corrected chi connectivity index (χ4v) is 0. The summed E-state index contributed by atoms with van der Waals surface area (Å²) in [5, 5.41) is 0. The molecule has 0 saturated heterocycles. The van der Waals surface area contributed by atoms with E-state index >= 15 is 0 Å². The minimum absolute atomic E-state index is 0. The van der Waals surface area contributed by atoms with Crippen LogP contribution in [-0.2, 0) is 22.4 Å². The zero-order valence-electron chi connectivity index (χ0n) is 2.99. The third-order valence-electron chi connectivity index (χ3n) is 0. The maximum atomic E-state index is 4.50. The van der Waals surface area contributed by atoms with Crippen molar-refractivity contribution in [1.29, 1.82) is 0 Å². The van der Waals surface area contributed by atoms with Crippen LogP contribution in [0, 0.1) is 0 Å². The van der Waals surface area contributed by atoms with Crippen LogP contribution in [0.5, 0.6) is 0 Å². The third-order valence-corrected chi connectivity index (χ3v) is 0. The van der Waals surface area contributed by atoms with Crippen molar-refractivity contribution in [3.63, 3.8) is 0 Å². The molecule has 0 rings (SSSR count). The van der Waals surface area contributed by atoms with Crippen molar-refractivity contribution < 1.29 is 22.4 Å². The molecule has 0 aliphatic heterocycles. The van der Waals surface area contributed by atoms with Gasteiger partial charge in [0.05, 0.1) is 0 Å². The van der Waals surface area contributed by atoms with E-state index in [4.69, 9.17) is 0 Å². The summed E-state index contributed by atoms with van der Waals surface area (Å²) >= 11 is 0. The second-order valence-electron chi connectivity index (χ2n) is 0. The van der Waals surface area contributed by atoms with Gasteiger partial charge in [-0.1, -0.05) is 0 Å². The van der Waals surface area contributed by atoms with E-state index in [0.29, 0.717) is 0 Å². The molecule has 0 bridgehead atoms. The van der Waals surface area contributed by atoms with Gasteiger partial charge in [0.1, 0.15) is 0 Å². The Morgan fingerprint density at radius 2 is 1.20 bits per heavy atom. The van der Waals surface area contributed by atoms with Crippen molar-refractivity contribution >= 4 is 50.2 Å². The SMILES string of the molecule is CN.I.[Ag].[BiH3]. The molecule has 5 heavy (non-hydrogen) atoms. The Bertz CT molecular complexity index is 11.6. The van der Waals surface area contributed by atoms with Gasteiger partial charge in [-0.25, -0.2) is 0 Å². The van der Waals surface area contributed by atoms with Crippen molar-refractivity contribution in [2.75, 3.05) is 7.05 Å². The first-order valence-corrected chi connectivity index (χ1v) is 0.577. The van der Waals surface area contributed by atoms with Gasteiger partial charge in [0.2, 0.25) is 0 Å². The van der Waals surface area contributed by atoms with Crippen LogP contribution in [-0.4, -0.2) is 33.3 Å². The predicted octanol–water partition coefficient (Wildman–Crippen LogP) is -0.994. The van der Waals surface area contributed by atoms with Crippen LogP contribution in [0.3, 0.4) is 0 Å². The topological polar surface area (TPSA) is 26.0 Å². The summed E-state index contributed by atoms with van der Waals surface area (Å²) in [6, 6.07) is 0. The quantitative estimate of drug-likeness (QED) is 0.351. The molecule has 0 saturated carbocycles. The Morgan fingerprint density at radius 1 is 1.20 bits per heavy atom. The summed E-state index contributed by atoms with van der Waals surface area (Å²) < 4.78 is 0. The molecule has 0 spiro atoms. The van der Waals surface area contributed by atoms with Crippen molar-refractivity contribution in [2.45, 2.75) is 0 Å². The Balaban J connectivity index is -0.00000000167. The second-order valence-corrected chi connectivity index (χ2v) is 0. The van der Waals surface area contributed by atoms with Crippen molar-refractivity contribution in [1.82, 2.24) is 0 Å². The summed E-state index contributed by atoms with van der Waals surface area (Å²) in [6.45, 7) is 0. The first-order valence-electron chi connectivity index (χ1n) is 0.577. The first kappa shape index (κ1) is 26.6. The van der Waals surface area contributed by atoms with Crippen LogP contribution in [0.4, 0.5) is 0 Å². The zero-order valence-corrected chi connectivity index (χ0v) is 12.3. The molecule has 1 radical (unpaired) electrons. The number of halogens is 1. The fourth-order valence-electron chi connectivity index (χ4n) is 0. The molecule has 4 heteroatoms. The molecule has 0 heterocycles. The molecule has 0 unspecified atom stereocenters. The summed E-state index contributed by atoms with van der Waals surface area (Å²) in [4.78, 5) is 0. The molecule has 41 valence electrons. The Kier molecular flexibility index (Phi) is 177. The van der Waals surface area contributed by atoms with Gasteiger partial charge in [0.25, 0.3) is 0 Å². The van der Waals surface area contributed by atoms with E-state index in [1.54, 1.807) is 0 Å². The Morgan fingerprint density at radius 3 is 1.20 bits per heavy atom. The molecule has 0 aromatic heterocycles. The molecular formula is CH9AgBiIN. The van der Waals surface area contributed by atoms with Crippen LogP contribution in [0.15, 0.2) is 0 Å². The molecule has 0 aromatic carbocycles. The number of hydrogen-bond acceptors (Lipinski definition) is 1. The zero-order chi connectivity index (χ0) is 2.00. The molecular weight excluding hydrogens is 470 g/mol. The minimum atomic E-state index is 0. The van der Waals surface area contributed by atoms with Gasteiger partial charge in [0.15, 0.2) is 0 Å². The standard InChI is InChI=1S/CH5N.Ag.Bi.HI.3H/c1-2;;;;;;/h2H2,1H3;;;1H;;;. The average molecular weight is 479 g/mol. The normalized spacial score (nSPS) is 1.20. The second kappa shape index (κ2) is 33.3. The van der Waals surface area contributed by atoms with E-state index in [1.807, 2.05) is 0 Å². The van der Waals surface area contributed by atoms with Crippen molar-refractivity contribution in [3.8, 4) is 0 Å². The molecule has 0 aliphatic rings. The molecule has 0 aromatic rings. The van der Waals surface area contributed by atoms with Crippen molar-refractivity contribution in [3.05, 3.63) is 0 Å². The molecule has 1 nitrogen and oxygen atoms in total. The average Bonchev–Trinajstić information content (AvgIpc) is 1.00. The van der Waals surface area contributed by atoms with Crippen LogP contribution in [0.2, 0.25) is 0 Å². The van der Waals surface area contributed by atoms with E-state index in [-0.39, 0.29) is 72.6 Å². The van der Waals surface area contributed by atoms with Crippen LogP contribution in [0.25, 0.3) is 0 Å². The molecule has 2 N–H and O–H groups in total. The van der Waals surface area contributed by atoms with Gasteiger partial charge >= 0.3 is 26.2 Å². The van der Waals surface area contributed by atoms with Crippen LogP contribution in [0.1, 0.15) is 0 Å². The van der Waals surface area contributed by atoms with E-state index in [1.165, 1.54) is 7.05 Å². The van der Waals surface area contributed by atoms with Gasteiger partial charge < -0.3 is 5.73 Å². The summed E-state index contributed by atoms with van der Waals surface area (Å²) in [7, 11) is 1.50. The molecule has 0 atom stereocenters. The van der Waals surface area contributed by atoms with Gasteiger partial charge in [-0.05, 0) is 7.05 Å². The predicted molar refractivity (Wildman–Crippen MR) is 35.5 cm³/mol. The first-order chi connectivity index (χ1) is 1.00. The summed E-state index contributed by atoms with van der Waals surface area (Å²) in [5.41, 5.74) is 4.50. The number of hydrogen-bond donors (Lipinski definition) is 1. The summed E-state index contributed by atoms with van der Waals surface area (Å²) in [6.07, 6.45) is 0. The Hall–Kier alpha value is 2.31. The van der Waals surface area contributed by atoms with Crippen LogP contribution < -0.4 is 5.73 Å². The van der Waals surface area contributed by atoms with Crippen molar-refractivity contribution in [2.24, 2.45) is 5.73 Å². The van der Waals surface area contributed by atoms with Gasteiger partial charge in [-0.3, -0.25) is 0 Å². The van der Waals surface area contributed by atoms with Gasteiger partial charge in [-0.2, -0.15) is 0 Å². The molecule has 0 amide bonds. The number of nitrogens with two attached hydrogens (primary N) is 1. The monoisotopic (exact) mass is 478 g/mol. The third kappa shape index (κ3) is 21.9. The van der Waals surface area contributed by atoms with E-state index < -0.39 is 0 Å². The fraction of sp³-hybridized carbons (Fsp3) is 1.00. The Labute approximate surface area is 84.1 Å². The summed E-state index contributed by atoms with van der Waals surface area (Å²) in [5.74, 6) is 0. The molecule has 0 fully saturated rings. The van der Waals surface area contributed by atoms with Crippen LogP contribution >= 0.6 is 24.0 Å². The van der Waals surface area contributed by atoms with Gasteiger partial charge in [-0.15, -0.1) is 24.0 Å².